The molecule has 0 spiro atoms. The van der Waals surface area contributed by atoms with Crippen molar-refractivity contribution in [3.63, 3.8) is 0 Å². The molecule has 0 saturated heterocycles. The number of hydrogen-bond acceptors (Lipinski definition) is 0. The lowest BCUT2D eigenvalue weighted by atomic mass is 10.1. The molecule has 0 saturated carbocycles. The minimum absolute atomic E-state index is 0.920. The zero-order valence-corrected chi connectivity index (χ0v) is 6.19. The molecule has 51 valence electrons. The summed E-state index contributed by atoms with van der Waals surface area (Å²) in [5.74, 6) is 0. The monoisotopic (exact) mass is 123 g/mol. The van der Waals surface area contributed by atoms with E-state index in [1.54, 1.807) is 6.08 Å². The molecular formula is C9H15. The van der Waals surface area contributed by atoms with Crippen molar-refractivity contribution in [2.75, 3.05) is 0 Å². The molecule has 0 aromatic carbocycles. The van der Waals surface area contributed by atoms with Gasteiger partial charge in [0.15, 0.2) is 0 Å². The van der Waals surface area contributed by atoms with Crippen LogP contribution < -0.4 is 0 Å². The first-order valence-electron chi connectivity index (χ1n) is 3.55. The summed E-state index contributed by atoms with van der Waals surface area (Å²) in [6, 6.07) is 0. The molecule has 9 heavy (non-hydrogen) atoms. The third-order valence-electron chi connectivity index (χ3n) is 1.33. The fourth-order valence-corrected chi connectivity index (χ4v) is 0.681. The lowest BCUT2D eigenvalue weighted by molar-refractivity contribution is 0.720. The summed E-state index contributed by atoms with van der Waals surface area (Å²) >= 11 is 0. The van der Waals surface area contributed by atoms with Crippen LogP contribution in [0.2, 0.25) is 0 Å². The van der Waals surface area contributed by atoms with Crippen molar-refractivity contribution >= 4 is 0 Å². The number of allylic oxidation sites excluding steroid dienone is 2. The predicted octanol–water partition coefficient (Wildman–Crippen LogP) is 3.11. The van der Waals surface area contributed by atoms with Crippen LogP contribution in [-0.4, -0.2) is 0 Å². The molecule has 0 heteroatoms. The quantitative estimate of drug-likeness (QED) is 0.389. The highest BCUT2D eigenvalue weighted by Crippen LogP contribution is 2.06. The van der Waals surface area contributed by atoms with Crippen LogP contribution in [0.3, 0.4) is 0 Å². The van der Waals surface area contributed by atoms with E-state index in [0.717, 1.165) is 12.0 Å². The molecule has 0 bridgehead atoms. The molecule has 0 nitrogen and oxygen atoms in total. The molecule has 0 aromatic heterocycles. The first-order chi connectivity index (χ1) is 4.31. The number of hydrogen-bond donors (Lipinski definition) is 0. The number of rotatable bonds is 5. The van der Waals surface area contributed by atoms with Crippen LogP contribution in [0.1, 0.15) is 32.6 Å². The standard InChI is InChI=1S/C9H15/c1-4-6-7-8-9(3)5-2/h3,5H,2,4,6-8H2,1H3. The van der Waals surface area contributed by atoms with Crippen molar-refractivity contribution in [1.29, 1.82) is 0 Å². The van der Waals surface area contributed by atoms with Crippen molar-refractivity contribution in [2.45, 2.75) is 32.6 Å². The van der Waals surface area contributed by atoms with Crippen LogP contribution in [0.15, 0.2) is 18.2 Å². The summed E-state index contributed by atoms with van der Waals surface area (Å²) in [7, 11) is 0. The molecule has 0 atom stereocenters. The highest BCUT2D eigenvalue weighted by Gasteiger charge is 1.86. The van der Waals surface area contributed by atoms with Gasteiger partial charge in [-0.05, 0) is 18.4 Å². The molecule has 0 N–H and O–H groups in total. The Kier molecular flexibility index (Phi) is 5.29. The first kappa shape index (κ1) is 8.48. The van der Waals surface area contributed by atoms with E-state index in [4.69, 9.17) is 6.58 Å². The molecule has 0 aliphatic heterocycles. The maximum Gasteiger partial charge on any atom is -0.0279 e. The average molecular weight is 123 g/mol. The van der Waals surface area contributed by atoms with E-state index in [-0.39, 0.29) is 0 Å². The normalized spacial score (nSPS) is 9.00. The molecule has 1 radical (unpaired) electrons. The van der Waals surface area contributed by atoms with Crippen molar-refractivity contribution < 1.29 is 0 Å². The van der Waals surface area contributed by atoms with E-state index in [1.165, 1.54) is 19.3 Å². The molecule has 0 aromatic rings. The zero-order valence-electron chi connectivity index (χ0n) is 6.19. The SMILES string of the molecule is [CH]=C(C=C)CCCCC. The van der Waals surface area contributed by atoms with Crippen LogP contribution in [-0.2, 0) is 0 Å². The van der Waals surface area contributed by atoms with E-state index in [9.17, 15) is 0 Å². The van der Waals surface area contributed by atoms with Crippen LogP contribution in [0.5, 0.6) is 0 Å². The number of unbranched alkanes of at least 4 members (excludes halogenated alkanes) is 2. The lowest BCUT2D eigenvalue weighted by Gasteiger charge is -1.95. The molecule has 0 aliphatic carbocycles. The van der Waals surface area contributed by atoms with E-state index < -0.39 is 0 Å². The van der Waals surface area contributed by atoms with Gasteiger partial charge in [0.1, 0.15) is 0 Å². The van der Waals surface area contributed by atoms with E-state index in [1.807, 2.05) is 0 Å². The molecule has 0 amide bonds. The van der Waals surface area contributed by atoms with Crippen LogP contribution >= 0.6 is 0 Å². The van der Waals surface area contributed by atoms with Gasteiger partial charge in [-0.25, -0.2) is 0 Å². The Labute approximate surface area is 58.3 Å². The van der Waals surface area contributed by atoms with Crippen LogP contribution in [0, 0.1) is 6.58 Å². The van der Waals surface area contributed by atoms with E-state index in [0.29, 0.717) is 0 Å². The Bertz CT molecular complexity index is 90.2. The summed E-state index contributed by atoms with van der Waals surface area (Å²) in [4.78, 5) is 0. The zero-order chi connectivity index (χ0) is 7.11. The maximum atomic E-state index is 5.51. The van der Waals surface area contributed by atoms with E-state index >= 15 is 0 Å². The molecular weight excluding hydrogens is 108 g/mol. The first-order valence-corrected chi connectivity index (χ1v) is 3.55. The molecule has 0 heterocycles. The van der Waals surface area contributed by atoms with Crippen molar-refractivity contribution in [1.82, 2.24) is 0 Å². The van der Waals surface area contributed by atoms with Crippen molar-refractivity contribution in [3.05, 3.63) is 24.8 Å². The van der Waals surface area contributed by atoms with Gasteiger partial charge in [0.05, 0.1) is 0 Å². The largest absolute Gasteiger partial charge is 0.0988 e. The van der Waals surface area contributed by atoms with Gasteiger partial charge in [-0.3, -0.25) is 0 Å². The summed E-state index contributed by atoms with van der Waals surface area (Å²) in [6.45, 7) is 11.3. The second kappa shape index (κ2) is 5.61. The lowest BCUT2D eigenvalue weighted by Crippen LogP contribution is -1.76. The molecule has 0 rings (SSSR count). The smallest absolute Gasteiger partial charge is 0.0279 e. The van der Waals surface area contributed by atoms with Gasteiger partial charge in [0.2, 0.25) is 0 Å². The van der Waals surface area contributed by atoms with Gasteiger partial charge in [-0.2, -0.15) is 0 Å². The highest BCUT2D eigenvalue weighted by atomic mass is 13.9. The molecule has 0 fully saturated rings. The summed E-state index contributed by atoms with van der Waals surface area (Å²) in [5, 5.41) is 0. The van der Waals surface area contributed by atoms with Crippen molar-refractivity contribution in [3.8, 4) is 0 Å². The second-order valence-electron chi connectivity index (χ2n) is 2.24. The Hall–Kier alpha value is -0.520. The third kappa shape index (κ3) is 5.35. The Morgan fingerprint density at radius 1 is 1.56 bits per heavy atom. The average Bonchev–Trinajstić information content (AvgIpc) is 1.89. The van der Waals surface area contributed by atoms with Gasteiger partial charge in [-0.1, -0.05) is 39.0 Å². The highest BCUT2D eigenvalue weighted by molar-refractivity contribution is 5.07. The minimum Gasteiger partial charge on any atom is -0.0988 e. The second-order valence-corrected chi connectivity index (χ2v) is 2.24. The minimum atomic E-state index is 0.920. The summed E-state index contributed by atoms with van der Waals surface area (Å²) < 4.78 is 0. The van der Waals surface area contributed by atoms with Gasteiger partial charge in [0, 0.05) is 0 Å². The van der Waals surface area contributed by atoms with Crippen LogP contribution in [0.4, 0.5) is 0 Å². The van der Waals surface area contributed by atoms with Gasteiger partial charge in [-0.15, -0.1) is 0 Å². The fraction of sp³-hybridized carbons (Fsp3) is 0.556. The van der Waals surface area contributed by atoms with Gasteiger partial charge >= 0.3 is 0 Å². The Morgan fingerprint density at radius 3 is 2.67 bits per heavy atom. The fourth-order valence-electron chi connectivity index (χ4n) is 0.681. The summed E-state index contributed by atoms with van der Waals surface area (Å²) in [5.41, 5.74) is 0.920. The maximum absolute atomic E-state index is 5.51. The van der Waals surface area contributed by atoms with Gasteiger partial charge in [0.25, 0.3) is 0 Å². The Morgan fingerprint density at radius 2 is 2.22 bits per heavy atom. The molecule has 0 unspecified atom stereocenters. The third-order valence-corrected chi connectivity index (χ3v) is 1.33. The predicted molar refractivity (Wildman–Crippen MR) is 42.2 cm³/mol. The Balaban J connectivity index is 3.07. The molecule has 0 aliphatic rings. The van der Waals surface area contributed by atoms with Gasteiger partial charge < -0.3 is 0 Å². The topological polar surface area (TPSA) is 0 Å². The van der Waals surface area contributed by atoms with Crippen molar-refractivity contribution in [2.24, 2.45) is 0 Å². The van der Waals surface area contributed by atoms with E-state index in [2.05, 4.69) is 13.5 Å². The summed E-state index contributed by atoms with van der Waals surface area (Å²) in [6.07, 6.45) is 6.47. The van der Waals surface area contributed by atoms with Crippen LogP contribution in [0.25, 0.3) is 0 Å².